The van der Waals surface area contributed by atoms with Crippen molar-refractivity contribution in [2.24, 2.45) is 0 Å². The van der Waals surface area contributed by atoms with Crippen LogP contribution in [0, 0.1) is 6.92 Å². The molecular weight excluding hydrogens is 411 g/mol. The first-order chi connectivity index (χ1) is 11.1. The Kier molecular flexibility index (Phi) is 5.59. The standard InChI is InChI=1S/C14H13BrF3N3O2S/c1-6(2)12-19-4-8(15)10(21-12)13(22)23-5-9-11(14(16,17)18)20-7(3)24-9/h4,6H,5H2,1-3H3. The van der Waals surface area contributed by atoms with E-state index in [0.717, 1.165) is 11.3 Å². The zero-order chi connectivity index (χ0) is 18.1. The number of hydrogen-bond donors (Lipinski definition) is 0. The maximum atomic E-state index is 12.9. The van der Waals surface area contributed by atoms with Crippen LogP contribution in [0.1, 0.15) is 51.7 Å². The highest BCUT2D eigenvalue weighted by Crippen LogP contribution is 2.34. The molecule has 0 aliphatic rings. The maximum absolute atomic E-state index is 12.9. The van der Waals surface area contributed by atoms with E-state index in [1.54, 1.807) is 0 Å². The number of rotatable bonds is 4. The second-order valence-electron chi connectivity index (χ2n) is 5.16. The molecule has 10 heteroatoms. The molecule has 2 aromatic rings. The van der Waals surface area contributed by atoms with Gasteiger partial charge in [0.05, 0.1) is 14.4 Å². The van der Waals surface area contributed by atoms with Crippen LogP contribution in [-0.2, 0) is 17.5 Å². The van der Waals surface area contributed by atoms with E-state index in [4.69, 9.17) is 4.74 Å². The lowest BCUT2D eigenvalue weighted by Gasteiger charge is -2.09. The average Bonchev–Trinajstić information content (AvgIpc) is 2.86. The summed E-state index contributed by atoms with van der Waals surface area (Å²) in [5.74, 6) is -0.397. The number of nitrogens with zero attached hydrogens (tertiary/aromatic N) is 3. The molecule has 2 rings (SSSR count). The van der Waals surface area contributed by atoms with Gasteiger partial charge in [-0.2, -0.15) is 13.2 Å². The van der Waals surface area contributed by atoms with Crippen LogP contribution < -0.4 is 0 Å². The fraction of sp³-hybridized carbons (Fsp3) is 0.429. The summed E-state index contributed by atoms with van der Waals surface area (Å²) in [6, 6.07) is 0. The largest absolute Gasteiger partial charge is 0.455 e. The molecule has 5 nitrogen and oxygen atoms in total. The molecule has 2 aromatic heterocycles. The van der Waals surface area contributed by atoms with Gasteiger partial charge in [0, 0.05) is 12.1 Å². The fourth-order valence-electron chi connectivity index (χ4n) is 1.79. The molecule has 24 heavy (non-hydrogen) atoms. The Hall–Kier alpha value is -1.55. The van der Waals surface area contributed by atoms with Gasteiger partial charge in [0.2, 0.25) is 0 Å². The Morgan fingerprint density at radius 3 is 2.62 bits per heavy atom. The molecule has 0 radical (unpaired) electrons. The van der Waals surface area contributed by atoms with Crippen LogP contribution in [0.2, 0.25) is 0 Å². The first kappa shape index (κ1) is 18.8. The topological polar surface area (TPSA) is 65.0 Å². The Morgan fingerprint density at radius 2 is 2.04 bits per heavy atom. The SMILES string of the molecule is Cc1nc(C(F)(F)F)c(COC(=O)c2nc(C(C)C)ncc2Br)s1. The van der Waals surface area contributed by atoms with E-state index in [-0.39, 0.29) is 21.5 Å². The van der Waals surface area contributed by atoms with Gasteiger partial charge < -0.3 is 4.74 Å². The summed E-state index contributed by atoms with van der Waals surface area (Å²) in [4.78, 5) is 23.6. The third-order valence-electron chi connectivity index (χ3n) is 2.88. The third kappa shape index (κ3) is 4.29. The molecule has 0 spiro atoms. The summed E-state index contributed by atoms with van der Waals surface area (Å²) in [6.45, 7) is 4.65. The molecule has 0 saturated carbocycles. The van der Waals surface area contributed by atoms with Crippen molar-refractivity contribution in [3.8, 4) is 0 Å². The minimum Gasteiger partial charge on any atom is -0.455 e. The highest BCUT2D eigenvalue weighted by Gasteiger charge is 2.37. The van der Waals surface area contributed by atoms with E-state index < -0.39 is 24.4 Å². The van der Waals surface area contributed by atoms with Crippen LogP contribution in [0.15, 0.2) is 10.7 Å². The zero-order valence-corrected chi connectivity index (χ0v) is 15.3. The van der Waals surface area contributed by atoms with Gasteiger partial charge >= 0.3 is 12.1 Å². The average molecular weight is 424 g/mol. The lowest BCUT2D eigenvalue weighted by molar-refractivity contribution is -0.141. The highest BCUT2D eigenvalue weighted by molar-refractivity contribution is 9.10. The molecule has 0 atom stereocenters. The molecule has 0 aliphatic carbocycles. The van der Waals surface area contributed by atoms with E-state index >= 15 is 0 Å². The smallest absolute Gasteiger partial charge is 0.434 e. The Balaban J connectivity index is 2.19. The molecule has 0 saturated heterocycles. The van der Waals surface area contributed by atoms with Crippen molar-refractivity contribution in [1.29, 1.82) is 0 Å². The molecule has 0 amide bonds. The second-order valence-corrected chi connectivity index (χ2v) is 7.30. The summed E-state index contributed by atoms with van der Waals surface area (Å²) in [5.41, 5.74) is -1.05. The minimum atomic E-state index is -4.59. The first-order valence-corrected chi connectivity index (χ1v) is 8.43. The van der Waals surface area contributed by atoms with Crippen LogP contribution in [0.5, 0.6) is 0 Å². The van der Waals surface area contributed by atoms with Crippen molar-refractivity contribution in [1.82, 2.24) is 15.0 Å². The summed E-state index contributed by atoms with van der Waals surface area (Å²) in [5, 5.41) is 0.249. The predicted molar refractivity (Wildman–Crippen MR) is 84.8 cm³/mol. The quantitative estimate of drug-likeness (QED) is 0.677. The van der Waals surface area contributed by atoms with Crippen molar-refractivity contribution >= 4 is 33.2 Å². The van der Waals surface area contributed by atoms with Gasteiger partial charge in [0.15, 0.2) is 11.4 Å². The highest BCUT2D eigenvalue weighted by atomic mass is 79.9. The van der Waals surface area contributed by atoms with Crippen molar-refractivity contribution in [3.05, 3.63) is 37.8 Å². The number of aromatic nitrogens is 3. The van der Waals surface area contributed by atoms with E-state index in [2.05, 4.69) is 30.9 Å². The first-order valence-electron chi connectivity index (χ1n) is 6.82. The molecule has 130 valence electrons. The summed E-state index contributed by atoms with van der Waals surface area (Å²) < 4.78 is 44.0. The molecule has 0 aliphatic heterocycles. The van der Waals surface area contributed by atoms with Gasteiger partial charge in [-0.25, -0.2) is 19.7 Å². The molecule has 0 N–H and O–H groups in total. The minimum absolute atomic E-state index is 0.00868. The van der Waals surface area contributed by atoms with Crippen molar-refractivity contribution in [3.63, 3.8) is 0 Å². The van der Waals surface area contributed by atoms with Gasteiger partial charge in [-0.1, -0.05) is 13.8 Å². The van der Waals surface area contributed by atoms with Crippen LogP contribution >= 0.6 is 27.3 Å². The predicted octanol–water partition coefficient (Wildman–Crippen LogP) is 4.50. The van der Waals surface area contributed by atoms with Gasteiger partial charge in [-0.05, 0) is 22.9 Å². The van der Waals surface area contributed by atoms with Crippen LogP contribution in [-0.4, -0.2) is 20.9 Å². The number of carbonyl (C=O) groups excluding carboxylic acids is 1. The molecule has 2 heterocycles. The third-order valence-corrected chi connectivity index (χ3v) is 4.40. The Bertz CT molecular complexity index is 762. The van der Waals surface area contributed by atoms with E-state index in [9.17, 15) is 18.0 Å². The van der Waals surface area contributed by atoms with Gasteiger partial charge in [-0.3, -0.25) is 0 Å². The van der Waals surface area contributed by atoms with Gasteiger partial charge in [0.1, 0.15) is 12.4 Å². The van der Waals surface area contributed by atoms with Crippen LogP contribution in [0.25, 0.3) is 0 Å². The van der Waals surface area contributed by atoms with Gasteiger partial charge in [-0.15, -0.1) is 11.3 Å². The van der Waals surface area contributed by atoms with Gasteiger partial charge in [0.25, 0.3) is 0 Å². The van der Waals surface area contributed by atoms with Crippen molar-refractivity contribution in [2.75, 3.05) is 0 Å². The number of aryl methyl sites for hydroxylation is 1. The Morgan fingerprint density at radius 1 is 1.38 bits per heavy atom. The molecule has 0 fully saturated rings. The normalized spacial score (nSPS) is 11.8. The van der Waals surface area contributed by atoms with Crippen molar-refractivity contribution in [2.45, 2.75) is 39.5 Å². The maximum Gasteiger partial charge on any atom is 0.434 e. The number of hydrogen-bond acceptors (Lipinski definition) is 6. The van der Waals surface area contributed by atoms with E-state index in [0.29, 0.717) is 10.3 Å². The van der Waals surface area contributed by atoms with Crippen LogP contribution in [0.3, 0.4) is 0 Å². The Labute approximate surface area is 148 Å². The van der Waals surface area contributed by atoms with E-state index in [1.807, 2.05) is 13.8 Å². The molecule has 0 bridgehead atoms. The summed E-state index contributed by atoms with van der Waals surface area (Å²) >= 11 is 3.98. The number of alkyl halides is 3. The summed E-state index contributed by atoms with van der Waals surface area (Å²) in [7, 11) is 0. The van der Waals surface area contributed by atoms with E-state index in [1.165, 1.54) is 13.1 Å². The molecule has 0 unspecified atom stereocenters. The lowest BCUT2D eigenvalue weighted by atomic mass is 10.2. The lowest BCUT2D eigenvalue weighted by Crippen LogP contribution is -2.13. The second kappa shape index (κ2) is 7.14. The molecule has 0 aromatic carbocycles. The fourth-order valence-corrected chi connectivity index (χ4v) is 3.01. The molecular formula is C14H13BrF3N3O2S. The monoisotopic (exact) mass is 423 g/mol. The zero-order valence-electron chi connectivity index (χ0n) is 12.9. The number of thiazole rings is 1. The van der Waals surface area contributed by atoms with Crippen LogP contribution in [0.4, 0.5) is 13.2 Å². The number of esters is 1. The number of halogens is 4. The number of carbonyl (C=O) groups is 1. The summed E-state index contributed by atoms with van der Waals surface area (Å²) in [6.07, 6.45) is -3.18. The van der Waals surface area contributed by atoms with Crippen molar-refractivity contribution < 1.29 is 22.7 Å². The number of ether oxygens (including phenoxy) is 1.